The van der Waals surface area contributed by atoms with Crippen molar-refractivity contribution in [3.8, 4) is 0 Å². The SMILES string of the molecule is CCCCOCC(C(CC)CC)C(C)OCC. The third-order valence-corrected chi connectivity index (χ3v) is 3.64. The van der Waals surface area contributed by atoms with Crippen LogP contribution in [0.3, 0.4) is 0 Å². The predicted octanol–water partition coefficient (Wildman–Crippen LogP) is 4.28. The van der Waals surface area contributed by atoms with Gasteiger partial charge in [0, 0.05) is 19.1 Å². The summed E-state index contributed by atoms with van der Waals surface area (Å²) in [6, 6.07) is 0. The van der Waals surface area contributed by atoms with Crippen LogP contribution in [0.5, 0.6) is 0 Å². The first-order chi connectivity index (χ1) is 8.21. The van der Waals surface area contributed by atoms with Crippen LogP contribution in [0.4, 0.5) is 0 Å². The lowest BCUT2D eigenvalue weighted by atomic mass is 9.85. The van der Waals surface area contributed by atoms with Crippen molar-refractivity contribution < 1.29 is 9.47 Å². The zero-order valence-electron chi connectivity index (χ0n) is 12.5. The summed E-state index contributed by atoms with van der Waals surface area (Å²) in [7, 11) is 0. The zero-order valence-corrected chi connectivity index (χ0v) is 12.5. The minimum Gasteiger partial charge on any atom is -0.381 e. The first-order valence-electron chi connectivity index (χ1n) is 7.40. The monoisotopic (exact) mass is 244 g/mol. The molecule has 2 heteroatoms. The highest BCUT2D eigenvalue weighted by molar-refractivity contribution is 4.73. The Hall–Kier alpha value is -0.0800. The molecule has 2 nitrogen and oxygen atoms in total. The summed E-state index contributed by atoms with van der Waals surface area (Å²) in [6.45, 7) is 13.5. The average Bonchev–Trinajstić information content (AvgIpc) is 2.33. The molecule has 0 aromatic heterocycles. The molecule has 0 aromatic rings. The van der Waals surface area contributed by atoms with E-state index in [1.165, 1.54) is 25.7 Å². The van der Waals surface area contributed by atoms with Crippen LogP contribution < -0.4 is 0 Å². The van der Waals surface area contributed by atoms with Gasteiger partial charge >= 0.3 is 0 Å². The van der Waals surface area contributed by atoms with Gasteiger partial charge in [-0.15, -0.1) is 0 Å². The molecule has 0 N–H and O–H groups in total. The van der Waals surface area contributed by atoms with Crippen molar-refractivity contribution >= 4 is 0 Å². The quantitative estimate of drug-likeness (QED) is 0.505. The van der Waals surface area contributed by atoms with Gasteiger partial charge in [0.2, 0.25) is 0 Å². The van der Waals surface area contributed by atoms with Gasteiger partial charge in [0.15, 0.2) is 0 Å². The molecule has 2 unspecified atom stereocenters. The number of hydrogen-bond donors (Lipinski definition) is 0. The fourth-order valence-corrected chi connectivity index (χ4v) is 2.40. The Morgan fingerprint density at radius 2 is 1.65 bits per heavy atom. The fraction of sp³-hybridized carbons (Fsp3) is 1.00. The Morgan fingerprint density at radius 3 is 2.12 bits per heavy atom. The lowest BCUT2D eigenvalue weighted by Crippen LogP contribution is -2.32. The van der Waals surface area contributed by atoms with Gasteiger partial charge in [0.25, 0.3) is 0 Å². The van der Waals surface area contributed by atoms with Gasteiger partial charge < -0.3 is 9.47 Å². The van der Waals surface area contributed by atoms with E-state index >= 15 is 0 Å². The lowest BCUT2D eigenvalue weighted by molar-refractivity contribution is -0.0325. The van der Waals surface area contributed by atoms with E-state index in [-0.39, 0.29) is 0 Å². The lowest BCUT2D eigenvalue weighted by Gasteiger charge is -2.30. The van der Waals surface area contributed by atoms with Gasteiger partial charge in [-0.05, 0) is 26.2 Å². The molecule has 0 spiro atoms. The van der Waals surface area contributed by atoms with E-state index in [4.69, 9.17) is 9.47 Å². The highest BCUT2D eigenvalue weighted by Gasteiger charge is 2.25. The molecule has 0 aliphatic rings. The maximum atomic E-state index is 5.81. The molecule has 0 rings (SSSR count). The second-order valence-electron chi connectivity index (χ2n) is 4.83. The number of unbranched alkanes of at least 4 members (excludes halogenated alkanes) is 1. The minimum absolute atomic E-state index is 0.312. The van der Waals surface area contributed by atoms with E-state index in [1.54, 1.807) is 0 Å². The summed E-state index contributed by atoms with van der Waals surface area (Å²) >= 11 is 0. The zero-order chi connectivity index (χ0) is 13.1. The van der Waals surface area contributed by atoms with Crippen molar-refractivity contribution in [2.24, 2.45) is 11.8 Å². The highest BCUT2D eigenvalue weighted by Crippen LogP contribution is 2.25. The maximum Gasteiger partial charge on any atom is 0.0599 e. The van der Waals surface area contributed by atoms with Crippen molar-refractivity contribution in [2.75, 3.05) is 19.8 Å². The molecule has 0 bridgehead atoms. The van der Waals surface area contributed by atoms with Crippen LogP contribution in [0, 0.1) is 11.8 Å². The van der Waals surface area contributed by atoms with E-state index in [9.17, 15) is 0 Å². The Balaban J connectivity index is 4.18. The Labute approximate surface area is 108 Å². The minimum atomic E-state index is 0.312. The summed E-state index contributed by atoms with van der Waals surface area (Å²) in [4.78, 5) is 0. The third-order valence-electron chi connectivity index (χ3n) is 3.64. The summed E-state index contributed by atoms with van der Waals surface area (Å²) < 4.78 is 11.6. The van der Waals surface area contributed by atoms with Crippen molar-refractivity contribution in [2.45, 2.75) is 66.4 Å². The van der Waals surface area contributed by atoms with Gasteiger partial charge in [-0.1, -0.05) is 40.0 Å². The summed E-state index contributed by atoms with van der Waals surface area (Å²) in [5.41, 5.74) is 0. The molecule has 2 atom stereocenters. The van der Waals surface area contributed by atoms with Crippen molar-refractivity contribution in [1.82, 2.24) is 0 Å². The van der Waals surface area contributed by atoms with E-state index in [2.05, 4.69) is 34.6 Å². The molecule has 0 saturated carbocycles. The van der Waals surface area contributed by atoms with E-state index in [1.807, 2.05) is 0 Å². The van der Waals surface area contributed by atoms with Crippen LogP contribution in [-0.4, -0.2) is 25.9 Å². The van der Waals surface area contributed by atoms with Crippen molar-refractivity contribution in [1.29, 1.82) is 0 Å². The van der Waals surface area contributed by atoms with Crippen molar-refractivity contribution in [3.05, 3.63) is 0 Å². The Kier molecular flexibility index (Phi) is 11.0. The van der Waals surface area contributed by atoms with Crippen LogP contribution in [0.1, 0.15) is 60.3 Å². The molecule has 0 aromatic carbocycles. The van der Waals surface area contributed by atoms with Gasteiger partial charge in [0.05, 0.1) is 12.7 Å². The molecule has 0 aliphatic carbocycles. The third kappa shape index (κ3) is 7.05. The topological polar surface area (TPSA) is 18.5 Å². The number of rotatable bonds is 11. The molecule has 0 aliphatic heterocycles. The van der Waals surface area contributed by atoms with Crippen LogP contribution >= 0.6 is 0 Å². The van der Waals surface area contributed by atoms with Gasteiger partial charge in [0.1, 0.15) is 0 Å². The highest BCUT2D eigenvalue weighted by atomic mass is 16.5. The van der Waals surface area contributed by atoms with E-state index in [0.717, 1.165) is 25.7 Å². The smallest absolute Gasteiger partial charge is 0.0599 e. The average molecular weight is 244 g/mol. The molecule has 0 radical (unpaired) electrons. The van der Waals surface area contributed by atoms with Gasteiger partial charge in [-0.25, -0.2) is 0 Å². The Morgan fingerprint density at radius 1 is 1.00 bits per heavy atom. The predicted molar refractivity (Wildman–Crippen MR) is 74.4 cm³/mol. The summed E-state index contributed by atoms with van der Waals surface area (Å²) in [6.07, 6.45) is 5.12. The number of hydrogen-bond acceptors (Lipinski definition) is 2. The normalized spacial score (nSPS) is 15.2. The molecule has 0 amide bonds. The molecule has 17 heavy (non-hydrogen) atoms. The van der Waals surface area contributed by atoms with Crippen LogP contribution in [0.2, 0.25) is 0 Å². The molecule has 104 valence electrons. The second kappa shape index (κ2) is 11.0. The largest absolute Gasteiger partial charge is 0.381 e. The molecule has 0 saturated heterocycles. The first-order valence-corrected chi connectivity index (χ1v) is 7.40. The van der Waals surface area contributed by atoms with Crippen LogP contribution in [-0.2, 0) is 9.47 Å². The molecular formula is C15H32O2. The number of ether oxygens (including phenoxy) is 2. The van der Waals surface area contributed by atoms with Crippen molar-refractivity contribution in [3.63, 3.8) is 0 Å². The maximum absolute atomic E-state index is 5.81. The molecular weight excluding hydrogens is 212 g/mol. The van der Waals surface area contributed by atoms with E-state index in [0.29, 0.717) is 12.0 Å². The van der Waals surface area contributed by atoms with Gasteiger partial charge in [-0.2, -0.15) is 0 Å². The fourth-order valence-electron chi connectivity index (χ4n) is 2.40. The van der Waals surface area contributed by atoms with E-state index < -0.39 is 0 Å². The second-order valence-corrected chi connectivity index (χ2v) is 4.83. The van der Waals surface area contributed by atoms with Crippen LogP contribution in [0.15, 0.2) is 0 Å². The Bertz CT molecular complexity index is 155. The first kappa shape index (κ1) is 16.9. The molecule has 0 fully saturated rings. The van der Waals surface area contributed by atoms with Gasteiger partial charge in [-0.3, -0.25) is 0 Å². The standard InChI is InChI=1S/C15H32O2/c1-6-10-11-16-12-15(13(5)17-9-4)14(7-2)8-3/h13-15H,6-12H2,1-5H3. The summed E-state index contributed by atoms with van der Waals surface area (Å²) in [5.74, 6) is 1.26. The summed E-state index contributed by atoms with van der Waals surface area (Å²) in [5, 5.41) is 0. The van der Waals surface area contributed by atoms with Crippen LogP contribution in [0.25, 0.3) is 0 Å². The molecule has 0 heterocycles.